The first kappa shape index (κ1) is 20.1. The minimum absolute atomic E-state index is 0.328. The largest absolute Gasteiger partial charge is 0.453 e. The van der Waals surface area contributed by atoms with Gasteiger partial charge in [-0.05, 0) is 51.2 Å². The van der Waals surface area contributed by atoms with Crippen LogP contribution in [0.4, 0.5) is 0 Å². The summed E-state index contributed by atoms with van der Waals surface area (Å²) in [6.07, 6.45) is 9.26. The Morgan fingerprint density at radius 2 is 0.850 bits per heavy atom. The summed E-state index contributed by atoms with van der Waals surface area (Å²) >= 11 is 8.39. The van der Waals surface area contributed by atoms with Gasteiger partial charge in [0.2, 0.25) is 0 Å². The summed E-state index contributed by atoms with van der Waals surface area (Å²) in [4.78, 5) is 0. The smallest absolute Gasteiger partial charge is 0.196 e. The van der Waals surface area contributed by atoms with E-state index in [1.165, 1.54) is 0 Å². The molecule has 0 amide bonds. The van der Waals surface area contributed by atoms with E-state index in [9.17, 15) is 0 Å². The van der Waals surface area contributed by atoms with E-state index in [2.05, 4.69) is 111 Å². The summed E-state index contributed by atoms with van der Waals surface area (Å²) < 4.78 is 7.68. The molecule has 0 unspecified atom stereocenters. The van der Waals surface area contributed by atoms with Gasteiger partial charge in [-0.2, -0.15) is 47.0 Å². The second-order valence-corrected chi connectivity index (χ2v) is 28.4. The Morgan fingerprint density at radius 1 is 0.600 bits per heavy atom. The van der Waals surface area contributed by atoms with Gasteiger partial charge in [-0.25, -0.2) is 0 Å². The molecule has 120 valence electrons. The quantitative estimate of drug-likeness (QED) is 0.474. The lowest BCUT2D eigenvalue weighted by molar-refractivity contribution is 0.531. The highest BCUT2D eigenvalue weighted by Crippen LogP contribution is 2.64. The number of rotatable bonds is 4. The maximum absolute atomic E-state index is 7.02. The van der Waals surface area contributed by atoms with Crippen molar-refractivity contribution in [1.82, 2.24) is 0 Å². The zero-order chi connectivity index (χ0) is 16.0. The molecule has 0 saturated carbocycles. The molecule has 1 aliphatic rings. The van der Waals surface area contributed by atoms with Crippen molar-refractivity contribution in [3.63, 3.8) is 0 Å². The third kappa shape index (κ3) is 2.31. The fourth-order valence-corrected chi connectivity index (χ4v) is 48.3. The molecular formula is C12H30OS4Si3. The van der Waals surface area contributed by atoms with E-state index in [0.29, 0.717) is 6.65 Å². The maximum Gasteiger partial charge on any atom is 0.196 e. The van der Waals surface area contributed by atoms with Crippen molar-refractivity contribution in [2.75, 3.05) is 25.0 Å². The van der Waals surface area contributed by atoms with Crippen LogP contribution in [0.1, 0.15) is 0 Å². The fraction of sp³-hybridized carbons (Fsp3) is 1.00. The van der Waals surface area contributed by atoms with Gasteiger partial charge < -0.3 is 4.12 Å². The molecule has 1 saturated heterocycles. The van der Waals surface area contributed by atoms with Crippen molar-refractivity contribution in [2.45, 2.75) is 45.9 Å². The lowest BCUT2D eigenvalue weighted by atomic mass is 11.6. The lowest BCUT2D eigenvalue weighted by Gasteiger charge is -2.67. The molecule has 0 aromatic rings. The third-order valence-corrected chi connectivity index (χ3v) is 44.0. The van der Waals surface area contributed by atoms with Crippen LogP contribution in [-0.4, -0.2) is 56.4 Å². The third-order valence-electron chi connectivity index (χ3n) is 4.89. The normalized spacial score (nSPS) is 29.1. The van der Waals surface area contributed by atoms with Crippen molar-refractivity contribution >= 4 is 71.8 Å². The second kappa shape index (κ2) is 6.14. The Hall–Kier alpha value is 2.01. The summed E-state index contributed by atoms with van der Waals surface area (Å²) in [5, 5.41) is 0. The molecule has 1 fully saturated rings. The summed E-state index contributed by atoms with van der Waals surface area (Å²) in [7, 11) is -5.05. The number of hydrogen-bond donors (Lipinski definition) is 0. The Labute approximate surface area is 146 Å². The van der Waals surface area contributed by atoms with Gasteiger partial charge in [-0.1, -0.05) is 13.1 Å². The Morgan fingerprint density at radius 3 is 1.05 bits per heavy atom. The van der Waals surface area contributed by atoms with Gasteiger partial charge in [0.05, 0.1) is 6.65 Å². The van der Waals surface area contributed by atoms with Gasteiger partial charge in [0.15, 0.2) is 16.6 Å². The van der Waals surface area contributed by atoms with Crippen molar-refractivity contribution in [3.8, 4) is 0 Å². The maximum atomic E-state index is 7.02. The van der Waals surface area contributed by atoms with Crippen LogP contribution in [0.3, 0.4) is 0 Å². The summed E-state index contributed by atoms with van der Waals surface area (Å²) in [6.45, 7) is 15.1. The molecule has 0 bridgehead atoms. The predicted molar refractivity (Wildman–Crippen MR) is 113 cm³/mol. The molecule has 20 heavy (non-hydrogen) atoms. The first-order valence-corrected chi connectivity index (χ1v) is 20.6. The van der Waals surface area contributed by atoms with Crippen molar-refractivity contribution in [1.29, 1.82) is 0 Å². The average Bonchev–Trinajstić information content (AvgIpc) is 2.28. The molecule has 0 aliphatic carbocycles. The molecule has 1 rings (SSSR count). The monoisotopic (exact) mass is 402 g/mol. The summed E-state index contributed by atoms with van der Waals surface area (Å²) in [5.41, 5.74) is 0. The molecule has 0 aromatic heterocycles. The van der Waals surface area contributed by atoms with E-state index < -0.39 is 24.7 Å². The van der Waals surface area contributed by atoms with E-state index in [1.54, 1.807) is 0 Å². The van der Waals surface area contributed by atoms with Crippen LogP contribution in [0.2, 0.25) is 39.3 Å². The van der Waals surface area contributed by atoms with Crippen LogP contribution >= 0.6 is 47.0 Å². The molecule has 0 spiro atoms. The van der Waals surface area contributed by atoms with Crippen molar-refractivity contribution in [3.05, 3.63) is 0 Å². The summed E-state index contributed by atoms with van der Waals surface area (Å²) in [5.74, 6) is 0. The van der Waals surface area contributed by atoms with Gasteiger partial charge in [0, 0.05) is 0 Å². The summed E-state index contributed by atoms with van der Waals surface area (Å²) in [6, 6.07) is 0. The average molecular weight is 403 g/mol. The van der Waals surface area contributed by atoms with E-state index in [1.807, 2.05) is 0 Å². The highest BCUT2D eigenvalue weighted by Gasteiger charge is 2.75. The van der Waals surface area contributed by atoms with Crippen LogP contribution in [0.25, 0.3) is 0 Å². The Balaban J connectivity index is 3.66. The van der Waals surface area contributed by atoms with Crippen molar-refractivity contribution in [2.24, 2.45) is 0 Å². The standard InChI is InChI=1S/C12H30OS4Si3/c1-14-11(15-2)18(5,6)12(16-3,17-4)20(9,10)13-19(11,7)8/h1-10H3. The molecular weight excluding hydrogens is 373 g/mol. The highest BCUT2D eigenvalue weighted by atomic mass is 32.2. The molecule has 0 atom stereocenters. The molecule has 1 heterocycles. The number of thioether (sulfide) groups is 4. The number of hydrogen-bond acceptors (Lipinski definition) is 5. The van der Waals surface area contributed by atoms with Crippen LogP contribution in [0.15, 0.2) is 0 Å². The molecule has 0 N–H and O–H groups in total. The highest BCUT2D eigenvalue weighted by molar-refractivity contribution is 8.27. The van der Waals surface area contributed by atoms with Gasteiger partial charge >= 0.3 is 0 Å². The van der Waals surface area contributed by atoms with E-state index in [4.69, 9.17) is 4.12 Å². The van der Waals surface area contributed by atoms with Gasteiger partial charge in [0.25, 0.3) is 0 Å². The predicted octanol–water partition coefficient (Wildman–Crippen LogP) is 5.14. The SMILES string of the molecule is CSC1(SC)[Si](C)(C)O[Si](C)(C)C(SC)(SC)[Si]1(C)C. The Bertz CT molecular complexity index is 334. The zero-order valence-corrected chi connectivity index (χ0v) is 20.8. The first-order chi connectivity index (χ1) is 8.95. The molecule has 1 aliphatic heterocycles. The van der Waals surface area contributed by atoms with Crippen LogP contribution in [-0.2, 0) is 4.12 Å². The van der Waals surface area contributed by atoms with Gasteiger partial charge in [-0.3, -0.25) is 0 Å². The van der Waals surface area contributed by atoms with E-state index in [0.717, 1.165) is 0 Å². The fourth-order valence-electron chi connectivity index (χ4n) is 4.66. The van der Waals surface area contributed by atoms with Crippen LogP contribution < -0.4 is 0 Å². The van der Waals surface area contributed by atoms with Crippen LogP contribution in [0.5, 0.6) is 0 Å². The first-order valence-electron chi connectivity index (χ1n) is 6.86. The van der Waals surface area contributed by atoms with Gasteiger partial charge in [-0.15, -0.1) is 0 Å². The van der Waals surface area contributed by atoms with E-state index >= 15 is 0 Å². The minimum atomic E-state index is -1.74. The Kier molecular flexibility index (Phi) is 6.16. The lowest BCUT2D eigenvalue weighted by Crippen LogP contribution is -2.85. The molecule has 0 radical (unpaired) electrons. The zero-order valence-electron chi connectivity index (χ0n) is 14.5. The second-order valence-electron chi connectivity index (χ2n) is 6.80. The van der Waals surface area contributed by atoms with Crippen molar-refractivity contribution < 1.29 is 4.12 Å². The minimum Gasteiger partial charge on any atom is -0.453 e. The molecule has 0 aromatic carbocycles. The van der Waals surface area contributed by atoms with Gasteiger partial charge in [0.1, 0.15) is 8.07 Å². The molecule has 1 nitrogen and oxygen atoms in total. The van der Waals surface area contributed by atoms with E-state index in [-0.39, 0.29) is 0 Å². The van der Waals surface area contributed by atoms with Crippen LogP contribution in [0, 0.1) is 0 Å². The topological polar surface area (TPSA) is 9.23 Å². The molecule has 8 heteroatoms.